The molecule has 1 aliphatic rings. The number of amides is 1. The number of hydrogen-bond donors (Lipinski definition) is 0. The molecule has 0 bridgehead atoms. The van der Waals surface area contributed by atoms with Crippen molar-refractivity contribution in [2.45, 2.75) is 18.4 Å². The predicted molar refractivity (Wildman–Crippen MR) is 83.4 cm³/mol. The summed E-state index contributed by atoms with van der Waals surface area (Å²) in [5.41, 5.74) is 2.48. The summed E-state index contributed by atoms with van der Waals surface area (Å²) >= 11 is 0. The minimum absolute atomic E-state index is 0.0601. The summed E-state index contributed by atoms with van der Waals surface area (Å²) < 4.78 is 27.8. The van der Waals surface area contributed by atoms with Crippen LogP contribution in [0.5, 0.6) is 0 Å². The zero-order valence-electron chi connectivity index (χ0n) is 12.3. The second kappa shape index (κ2) is 4.66. The van der Waals surface area contributed by atoms with Gasteiger partial charge in [0, 0.05) is 12.4 Å². The van der Waals surface area contributed by atoms with Crippen LogP contribution in [0.25, 0.3) is 5.65 Å². The highest BCUT2D eigenvalue weighted by Gasteiger charge is 2.41. The fourth-order valence-electron chi connectivity index (χ4n) is 2.81. The topological polar surface area (TPSA) is 71.8 Å². The van der Waals surface area contributed by atoms with E-state index < -0.39 is 15.9 Å². The van der Waals surface area contributed by atoms with Gasteiger partial charge in [-0.15, -0.1) is 0 Å². The lowest BCUT2D eigenvalue weighted by Gasteiger charge is -2.13. The van der Waals surface area contributed by atoms with Crippen molar-refractivity contribution in [2.24, 2.45) is 0 Å². The summed E-state index contributed by atoms with van der Waals surface area (Å²) in [4.78, 5) is 16.9. The highest BCUT2D eigenvalue weighted by atomic mass is 32.2. The molecule has 2 aromatic heterocycles. The van der Waals surface area contributed by atoms with Crippen molar-refractivity contribution in [3.05, 3.63) is 65.6 Å². The van der Waals surface area contributed by atoms with Crippen molar-refractivity contribution in [3.63, 3.8) is 0 Å². The summed E-state index contributed by atoms with van der Waals surface area (Å²) in [6, 6.07) is 10.1. The molecule has 7 heteroatoms. The van der Waals surface area contributed by atoms with Gasteiger partial charge >= 0.3 is 0 Å². The normalized spacial score (nSPS) is 16.0. The predicted octanol–water partition coefficient (Wildman–Crippen LogP) is 1.99. The van der Waals surface area contributed by atoms with E-state index in [4.69, 9.17) is 0 Å². The van der Waals surface area contributed by atoms with Crippen LogP contribution in [0.1, 0.15) is 21.6 Å². The largest absolute Gasteiger partial charge is 0.307 e. The summed E-state index contributed by atoms with van der Waals surface area (Å²) in [5, 5.41) is 0. The van der Waals surface area contributed by atoms with Crippen LogP contribution in [0, 0.1) is 6.92 Å². The number of sulfonamides is 1. The smallest absolute Gasteiger partial charge is 0.269 e. The van der Waals surface area contributed by atoms with Crippen molar-refractivity contribution >= 4 is 21.6 Å². The highest BCUT2D eigenvalue weighted by Crippen LogP contribution is 2.31. The molecule has 0 radical (unpaired) electrons. The van der Waals surface area contributed by atoms with E-state index >= 15 is 0 Å². The lowest BCUT2D eigenvalue weighted by Crippen LogP contribution is -2.29. The molecule has 0 fully saturated rings. The van der Waals surface area contributed by atoms with Crippen LogP contribution in [0.4, 0.5) is 0 Å². The fraction of sp³-hybridized carbons (Fsp3) is 0.125. The van der Waals surface area contributed by atoms with E-state index in [2.05, 4.69) is 4.98 Å². The van der Waals surface area contributed by atoms with Crippen LogP contribution in [0.2, 0.25) is 0 Å². The first-order chi connectivity index (χ1) is 11.0. The van der Waals surface area contributed by atoms with E-state index in [-0.39, 0.29) is 17.0 Å². The first-order valence-corrected chi connectivity index (χ1v) is 8.52. The Morgan fingerprint density at radius 1 is 1.13 bits per heavy atom. The molecule has 1 aliphatic heterocycles. The molecule has 0 unspecified atom stereocenters. The molecule has 0 spiro atoms. The maximum Gasteiger partial charge on any atom is 0.269 e. The monoisotopic (exact) mass is 327 g/mol. The number of carbonyl (C=O) groups is 1. The van der Waals surface area contributed by atoms with Gasteiger partial charge in [-0.05, 0) is 30.7 Å². The second-order valence-electron chi connectivity index (χ2n) is 5.47. The van der Waals surface area contributed by atoms with Crippen molar-refractivity contribution in [1.29, 1.82) is 0 Å². The molecular formula is C16H13N3O3S. The molecule has 0 aliphatic carbocycles. The zero-order chi connectivity index (χ0) is 16.2. The summed E-state index contributed by atoms with van der Waals surface area (Å²) in [6.07, 6.45) is 3.59. The molecule has 0 saturated heterocycles. The SMILES string of the molecule is Cc1cccn2cc(CN3C(=O)c4ccccc4S3(=O)=O)nc12. The lowest BCUT2D eigenvalue weighted by atomic mass is 10.2. The average molecular weight is 327 g/mol. The Morgan fingerprint density at radius 2 is 1.91 bits per heavy atom. The van der Waals surface area contributed by atoms with Crippen LogP contribution >= 0.6 is 0 Å². The Hall–Kier alpha value is -2.67. The van der Waals surface area contributed by atoms with Crippen molar-refractivity contribution in [3.8, 4) is 0 Å². The van der Waals surface area contributed by atoms with Gasteiger partial charge in [0.05, 0.1) is 17.8 Å². The number of aryl methyl sites for hydroxylation is 1. The third-order valence-electron chi connectivity index (χ3n) is 3.95. The van der Waals surface area contributed by atoms with E-state index in [1.165, 1.54) is 12.1 Å². The minimum atomic E-state index is -3.81. The number of carbonyl (C=O) groups excluding carboxylic acids is 1. The first kappa shape index (κ1) is 14.0. The molecule has 0 atom stereocenters. The van der Waals surface area contributed by atoms with Crippen molar-refractivity contribution in [2.75, 3.05) is 0 Å². The Labute approximate surface area is 133 Å². The van der Waals surface area contributed by atoms with Gasteiger partial charge in [-0.1, -0.05) is 18.2 Å². The van der Waals surface area contributed by atoms with Gasteiger partial charge in [-0.25, -0.2) is 17.7 Å². The van der Waals surface area contributed by atoms with E-state index in [0.717, 1.165) is 15.5 Å². The number of benzene rings is 1. The molecular weight excluding hydrogens is 314 g/mol. The second-order valence-corrected chi connectivity index (χ2v) is 7.30. The number of nitrogens with zero attached hydrogens (tertiary/aromatic N) is 3. The van der Waals surface area contributed by atoms with Gasteiger partial charge in [-0.2, -0.15) is 0 Å². The molecule has 0 saturated carbocycles. The molecule has 3 aromatic rings. The average Bonchev–Trinajstić information content (AvgIpc) is 3.03. The van der Waals surface area contributed by atoms with Gasteiger partial charge in [0.25, 0.3) is 15.9 Å². The van der Waals surface area contributed by atoms with E-state index in [0.29, 0.717) is 5.69 Å². The summed E-state index contributed by atoms with van der Waals surface area (Å²) in [6.45, 7) is 1.86. The number of pyridine rings is 1. The van der Waals surface area contributed by atoms with Gasteiger partial charge in [-0.3, -0.25) is 4.79 Å². The molecule has 0 N–H and O–H groups in total. The van der Waals surface area contributed by atoms with E-state index in [9.17, 15) is 13.2 Å². The fourth-order valence-corrected chi connectivity index (χ4v) is 4.36. The van der Waals surface area contributed by atoms with Gasteiger partial charge in [0.2, 0.25) is 0 Å². The molecule has 116 valence electrons. The van der Waals surface area contributed by atoms with Crippen molar-refractivity contribution in [1.82, 2.24) is 13.7 Å². The third-order valence-corrected chi connectivity index (χ3v) is 5.73. The number of aromatic nitrogens is 2. The summed E-state index contributed by atoms with van der Waals surface area (Å²) in [5.74, 6) is -0.505. The zero-order valence-corrected chi connectivity index (χ0v) is 13.1. The Bertz CT molecular complexity index is 1050. The Kier molecular flexibility index (Phi) is 2.83. The standard InChI is InChI=1S/C16H13N3O3S/c1-11-5-4-8-18-9-12(17-15(11)18)10-19-16(20)13-6-2-3-7-14(13)23(19,21)22/h2-9H,10H2,1H3. The number of imidazole rings is 1. The maximum atomic E-state index is 12.6. The number of hydrogen-bond acceptors (Lipinski definition) is 4. The molecule has 4 rings (SSSR count). The van der Waals surface area contributed by atoms with Gasteiger partial charge in [0.1, 0.15) is 10.5 Å². The van der Waals surface area contributed by atoms with Crippen LogP contribution < -0.4 is 0 Å². The van der Waals surface area contributed by atoms with Crippen LogP contribution in [-0.4, -0.2) is 28.0 Å². The first-order valence-electron chi connectivity index (χ1n) is 7.08. The minimum Gasteiger partial charge on any atom is -0.307 e. The lowest BCUT2D eigenvalue weighted by molar-refractivity contribution is 0.0864. The molecule has 23 heavy (non-hydrogen) atoms. The Morgan fingerprint density at radius 3 is 2.65 bits per heavy atom. The van der Waals surface area contributed by atoms with Crippen LogP contribution in [-0.2, 0) is 16.6 Å². The van der Waals surface area contributed by atoms with Crippen molar-refractivity contribution < 1.29 is 13.2 Å². The van der Waals surface area contributed by atoms with Gasteiger partial charge in [0.15, 0.2) is 0 Å². The third kappa shape index (κ3) is 1.97. The molecule has 1 aromatic carbocycles. The van der Waals surface area contributed by atoms with Gasteiger partial charge < -0.3 is 4.40 Å². The van der Waals surface area contributed by atoms with Crippen LogP contribution in [0.15, 0.2) is 53.7 Å². The molecule has 3 heterocycles. The van der Waals surface area contributed by atoms with E-state index in [1.807, 2.05) is 29.7 Å². The molecule has 6 nitrogen and oxygen atoms in total. The summed E-state index contributed by atoms with van der Waals surface area (Å²) in [7, 11) is -3.81. The Balaban J connectivity index is 1.77. The molecule has 1 amide bonds. The van der Waals surface area contributed by atoms with E-state index in [1.54, 1.807) is 18.3 Å². The maximum absolute atomic E-state index is 12.6. The highest BCUT2D eigenvalue weighted by molar-refractivity contribution is 7.90. The number of rotatable bonds is 2. The number of fused-ring (bicyclic) bond motifs is 2. The quantitative estimate of drug-likeness (QED) is 0.721. The van der Waals surface area contributed by atoms with Crippen LogP contribution in [0.3, 0.4) is 0 Å².